The van der Waals surface area contributed by atoms with Crippen LogP contribution in [0, 0.1) is 0 Å². The summed E-state index contributed by atoms with van der Waals surface area (Å²) < 4.78 is 0. The Kier molecular flexibility index (Phi) is 3.97. The van der Waals surface area contributed by atoms with Gasteiger partial charge in [-0.3, -0.25) is 0 Å². The van der Waals surface area contributed by atoms with Crippen LogP contribution >= 0.6 is 0 Å². The van der Waals surface area contributed by atoms with Gasteiger partial charge >= 0.3 is 0 Å². The van der Waals surface area contributed by atoms with Gasteiger partial charge in [-0.1, -0.05) is 38.1 Å². The van der Waals surface area contributed by atoms with E-state index in [0.29, 0.717) is 6.04 Å². The van der Waals surface area contributed by atoms with E-state index in [2.05, 4.69) is 48.7 Å². The minimum atomic E-state index is 0.554. The number of nitrogens with one attached hydrogen (secondary N) is 2. The molecule has 2 heteroatoms. The molecule has 0 aromatic heterocycles. The molecule has 1 saturated heterocycles. The molecule has 2 N–H and O–H groups in total. The number of benzene rings is 1. The maximum Gasteiger partial charge on any atom is 0.0207 e. The van der Waals surface area contributed by atoms with E-state index in [1.165, 1.54) is 24.1 Å². The lowest BCUT2D eigenvalue weighted by Gasteiger charge is -2.11. The first-order valence-corrected chi connectivity index (χ1v) is 6.28. The summed E-state index contributed by atoms with van der Waals surface area (Å²) in [6.45, 7) is 7.64. The Balaban J connectivity index is 1.93. The van der Waals surface area contributed by atoms with Gasteiger partial charge in [-0.2, -0.15) is 0 Å². The van der Waals surface area contributed by atoms with E-state index < -0.39 is 0 Å². The Morgan fingerprint density at radius 1 is 1.31 bits per heavy atom. The van der Waals surface area contributed by atoms with Gasteiger partial charge < -0.3 is 10.6 Å². The summed E-state index contributed by atoms with van der Waals surface area (Å²) in [5, 5.41) is 6.85. The van der Waals surface area contributed by atoms with Crippen molar-refractivity contribution in [2.24, 2.45) is 0 Å². The van der Waals surface area contributed by atoms with E-state index in [9.17, 15) is 0 Å². The Labute approximate surface area is 98.4 Å². The van der Waals surface area contributed by atoms with Crippen molar-refractivity contribution in [1.29, 1.82) is 0 Å². The van der Waals surface area contributed by atoms with Crippen molar-refractivity contribution in [3.8, 4) is 0 Å². The Morgan fingerprint density at radius 2 is 2.06 bits per heavy atom. The van der Waals surface area contributed by atoms with E-state index in [1.54, 1.807) is 0 Å². The van der Waals surface area contributed by atoms with E-state index in [-0.39, 0.29) is 0 Å². The highest BCUT2D eigenvalue weighted by molar-refractivity contribution is 5.26. The van der Waals surface area contributed by atoms with Crippen LogP contribution in [0.3, 0.4) is 0 Å². The summed E-state index contributed by atoms with van der Waals surface area (Å²) in [7, 11) is 0. The van der Waals surface area contributed by atoms with Crippen molar-refractivity contribution < 1.29 is 0 Å². The number of hydrogen-bond acceptors (Lipinski definition) is 2. The second-order valence-corrected chi connectivity index (χ2v) is 4.97. The molecule has 2 nitrogen and oxygen atoms in total. The highest BCUT2D eigenvalue weighted by atomic mass is 14.9. The number of hydrogen-bond donors (Lipinski definition) is 2. The smallest absolute Gasteiger partial charge is 0.0207 e. The van der Waals surface area contributed by atoms with Crippen molar-refractivity contribution in [2.45, 2.75) is 38.8 Å². The van der Waals surface area contributed by atoms with Crippen LogP contribution in [0.1, 0.15) is 37.3 Å². The van der Waals surface area contributed by atoms with Gasteiger partial charge in [0.25, 0.3) is 0 Å². The molecule has 1 heterocycles. The predicted octanol–water partition coefficient (Wildman–Crippen LogP) is 2.26. The van der Waals surface area contributed by atoms with Crippen molar-refractivity contribution in [1.82, 2.24) is 10.6 Å². The van der Waals surface area contributed by atoms with Gasteiger partial charge in [0.05, 0.1) is 0 Å². The maximum atomic E-state index is 3.44. The Morgan fingerprint density at radius 3 is 2.62 bits per heavy atom. The van der Waals surface area contributed by atoms with Crippen LogP contribution in [0.5, 0.6) is 0 Å². The van der Waals surface area contributed by atoms with Crippen molar-refractivity contribution in [2.75, 3.05) is 13.1 Å². The monoisotopic (exact) mass is 218 g/mol. The maximum absolute atomic E-state index is 3.44. The fourth-order valence-corrected chi connectivity index (χ4v) is 2.17. The standard InChI is InChI=1S/C14H22N2/c1-11(2)16-9-12-3-5-13(6-4-12)14-7-8-15-10-14/h3-6,11,14-16H,7-10H2,1-2H3. The van der Waals surface area contributed by atoms with E-state index in [4.69, 9.17) is 0 Å². The molecule has 0 amide bonds. The molecule has 1 fully saturated rings. The fraction of sp³-hybridized carbons (Fsp3) is 0.571. The lowest BCUT2D eigenvalue weighted by atomic mass is 9.97. The molecule has 1 aliphatic rings. The zero-order chi connectivity index (χ0) is 11.4. The van der Waals surface area contributed by atoms with E-state index in [0.717, 1.165) is 19.0 Å². The van der Waals surface area contributed by atoms with Crippen molar-refractivity contribution >= 4 is 0 Å². The van der Waals surface area contributed by atoms with Crippen LogP contribution in [0.15, 0.2) is 24.3 Å². The molecule has 16 heavy (non-hydrogen) atoms. The average Bonchev–Trinajstić information content (AvgIpc) is 2.80. The van der Waals surface area contributed by atoms with E-state index >= 15 is 0 Å². The SMILES string of the molecule is CC(C)NCc1ccc(C2CCNC2)cc1. The van der Waals surface area contributed by atoms with Crippen LogP contribution in [0.4, 0.5) is 0 Å². The minimum absolute atomic E-state index is 0.554. The Bertz CT molecular complexity index is 310. The van der Waals surface area contributed by atoms with Crippen molar-refractivity contribution in [3.05, 3.63) is 35.4 Å². The highest BCUT2D eigenvalue weighted by Gasteiger charge is 2.15. The molecule has 2 rings (SSSR count). The first kappa shape index (κ1) is 11.6. The van der Waals surface area contributed by atoms with Crippen LogP contribution in [-0.4, -0.2) is 19.1 Å². The third-order valence-corrected chi connectivity index (χ3v) is 3.23. The van der Waals surface area contributed by atoms with Crippen LogP contribution in [0.25, 0.3) is 0 Å². The summed E-state index contributed by atoms with van der Waals surface area (Å²) in [6.07, 6.45) is 1.28. The molecule has 1 atom stereocenters. The van der Waals surface area contributed by atoms with Crippen LogP contribution in [0.2, 0.25) is 0 Å². The summed E-state index contributed by atoms with van der Waals surface area (Å²) in [4.78, 5) is 0. The molecule has 0 aliphatic carbocycles. The zero-order valence-corrected chi connectivity index (χ0v) is 10.3. The average molecular weight is 218 g/mol. The molecule has 0 saturated carbocycles. The lowest BCUT2D eigenvalue weighted by Crippen LogP contribution is -2.21. The molecule has 1 aromatic rings. The largest absolute Gasteiger partial charge is 0.316 e. The topological polar surface area (TPSA) is 24.1 Å². The lowest BCUT2D eigenvalue weighted by molar-refractivity contribution is 0.588. The molecule has 1 aliphatic heterocycles. The summed E-state index contributed by atoms with van der Waals surface area (Å²) >= 11 is 0. The third-order valence-electron chi connectivity index (χ3n) is 3.23. The molecule has 88 valence electrons. The van der Waals surface area contributed by atoms with E-state index in [1.807, 2.05) is 0 Å². The van der Waals surface area contributed by atoms with Gasteiger partial charge in [-0.05, 0) is 30.0 Å². The Hall–Kier alpha value is -0.860. The molecule has 0 bridgehead atoms. The zero-order valence-electron chi connectivity index (χ0n) is 10.3. The number of rotatable bonds is 4. The third kappa shape index (κ3) is 3.06. The van der Waals surface area contributed by atoms with Gasteiger partial charge in [0.15, 0.2) is 0 Å². The molecule has 1 aromatic carbocycles. The van der Waals surface area contributed by atoms with Crippen LogP contribution < -0.4 is 10.6 Å². The molecular weight excluding hydrogens is 196 g/mol. The molecular formula is C14H22N2. The summed E-state index contributed by atoms with van der Waals surface area (Å²) in [5.74, 6) is 0.729. The summed E-state index contributed by atoms with van der Waals surface area (Å²) in [5.41, 5.74) is 2.86. The fourth-order valence-electron chi connectivity index (χ4n) is 2.17. The van der Waals surface area contributed by atoms with Gasteiger partial charge in [-0.25, -0.2) is 0 Å². The van der Waals surface area contributed by atoms with Gasteiger partial charge in [0.2, 0.25) is 0 Å². The first-order valence-electron chi connectivity index (χ1n) is 6.28. The van der Waals surface area contributed by atoms with Crippen LogP contribution in [-0.2, 0) is 6.54 Å². The van der Waals surface area contributed by atoms with Gasteiger partial charge in [0, 0.05) is 19.1 Å². The quantitative estimate of drug-likeness (QED) is 0.810. The highest BCUT2D eigenvalue weighted by Crippen LogP contribution is 2.22. The summed E-state index contributed by atoms with van der Waals surface area (Å²) in [6, 6.07) is 9.63. The van der Waals surface area contributed by atoms with Gasteiger partial charge in [0.1, 0.15) is 0 Å². The molecule has 1 unspecified atom stereocenters. The molecule has 0 radical (unpaired) electrons. The normalized spacial score (nSPS) is 20.6. The van der Waals surface area contributed by atoms with Crippen molar-refractivity contribution in [3.63, 3.8) is 0 Å². The second kappa shape index (κ2) is 5.46. The van der Waals surface area contributed by atoms with Gasteiger partial charge in [-0.15, -0.1) is 0 Å². The first-order chi connectivity index (χ1) is 7.75. The predicted molar refractivity (Wildman–Crippen MR) is 68.6 cm³/mol. The molecule has 0 spiro atoms. The minimum Gasteiger partial charge on any atom is -0.316 e. The second-order valence-electron chi connectivity index (χ2n) is 4.97.